The van der Waals surface area contributed by atoms with Crippen LogP contribution in [0.25, 0.3) is 0 Å². The molecule has 1 rings (SSSR count). The fourth-order valence-corrected chi connectivity index (χ4v) is 1.54. The third-order valence-corrected chi connectivity index (χ3v) is 2.78. The molecule has 0 aliphatic heterocycles. The monoisotopic (exact) mass is 260 g/mol. The Balaban J connectivity index is 3.12. The SMILES string of the molecule is CNC(=O)c1nn(C)c(=S)n1CC(OC)OC. The molecule has 1 N–H and O–H groups in total. The van der Waals surface area contributed by atoms with Gasteiger partial charge in [0, 0.05) is 28.3 Å². The van der Waals surface area contributed by atoms with Crippen LogP contribution in [-0.2, 0) is 23.1 Å². The highest BCUT2D eigenvalue weighted by molar-refractivity contribution is 7.71. The van der Waals surface area contributed by atoms with E-state index in [2.05, 4.69) is 10.4 Å². The number of amides is 1. The van der Waals surface area contributed by atoms with Crippen molar-refractivity contribution in [3.8, 4) is 0 Å². The van der Waals surface area contributed by atoms with Crippen LogP contribution in [0, 0.1) is 4.77 Å². The molecule has 0 spiro atoms. The quantitative estimate of drug-likeness (QED) is 0.593. The average molecular weight is 260 g/mol. The number of methoxy groups -OCH3 is 2. The Hall–Kier alpha value is -1.25. The van der Waals surface area contributed by atoms with Crippen molar-refractivity contribution in [3.63, 3.8) is 0 Å². The van der Waals surface area contributed by atoms with Gasteiger partial charge in [-0.15, -0.1) is 5.10 Å². The van der Waals surface area contributed by atoms with Gasteiger partial charge < -0.3 is 14.8 Å². The van der Waals surface area contributed by atoms with Gasteiger partial charge in [-0.05, 0) is 12.2 Å². The van der Waals surface area contributed by atoms with Crippen molar-refractivity contribution in [3.05, 3.63) is 10.6 Å². The topological polar surface area (TPSA) is 70.3 Å². The second-order valence-electron chi connectivity index (χ2n) is 3.32. The van der Waals surface area contributed by atoms with Gasteiger partial charge in [0.25, 0.3) is 5.91 Å². The fraction of sp³-hybridized carbons (Fsp3) is 0.667. The van der Waals surface area contributed by atoms with Gasteiger partial charge >= 0.3 is 0 Å². The minimum atomic E-state index is -0.477. The number of hydrogen-bond donors (Lipinski definition) is 1. The Morgan fingerprint density at radius 3 is 2.59 bits per heavy atom. The standard InChI is InChI=1S/C9H16N4O3S/c1-10-8(14)7-11-12(2)9(17)13(7)5-6(15-3)16-4/h6H,5H2,1-4H3,(H,10,14). The van der Waals surface area contributed by atoms with E-state index in [0.717, 1.165) is 0 Å². The molecule has 17 heavy (non-hydrogen) atoms. The average Bonchev–Trinajstić information content (AvgIpc) is 2.62. The molecule has 0 aliphatic rings. The molecule has 0 aromatic carbocycles. The van der Waals surface area contributed by atoms with Crippen molar-refractivity contribution in [2.24, 2.45) is 7.05 Å². The Labute approximate surface area is 104 Å². The van der Waals surface area contributed by atoms with Gasteiger partial charge in [0.1, 0.15) is 0 Å². The number of aryl methyl sites for hydroxylation is 1. The van der Waals surface area contributed by atoms with Crippen LogP contribution in [0.4, 0.5) is 0 Å². The zero-order valence-electron chi connectivity index (χ0n) is 10.3. The molecule has 1 heterocycles. The molecule has 0 saturated carbocycles. The van der Waals surface area contributed by atoms with E-state index < -0.39 is 6.29 Å². The molecule has 96 valence electrons. The highest BCUT2D eigenvalue weighted by Crippen LogP contribution is 2.04. The Bertz CT molecular complexity index is 450. The highest BCUT2D eigenvalue weighted by atomic mass is 32.1. The number of nitrogens with one attached hydrogen (secondary N) is 1. The molecule has 8 heteroatoms. The summed E-state index contributed by atoms with van der Waals surface area (Å²) >= 11 is 5.17. The number of carbonyl (C=O) groups is 1. The van der Waals surface area contributed by atoms with Gasteiger partial charge in [-0.1, -0.05) is 0 Å². The third-order valence-electron chi connectivity index (χ3n) is 2.30. The van der Waals surface area contributed by atoms with Crippen LogP contribution in [0.5, 0.6) is 0 Å². The Kier molecular flexibility index (Phi) is 4.79. The first kappa shape index (κ1) is 13.8. The molecule has 0 unspecified atom stereocenters. The van der Waals surface area contributed by atoms with Crippen molar-refractivity contribution in [2.75, 3.05) is 21.3 Å². The molecule has 7 nitrogen and oxygen atoms in total. The molecule has 0 radical (unpaired) electrons. The normalized spacial score (nSPS) is 10.9. The predicted octanol–water partition coefficient (Wildman–Crippen LogP) is -0.0704. The minimum Gasteiger partial charge on any atom is -0.354 e. The molecule has 0 bridgehead atoms. The molecule has 0 atom stereocenters. The highest BCUT2D eigenvalue weighted by Gasteiger charge is 2.18. The van der Waals surface area contributed by atoms with Crippen molar-refractivity contribution in [1.82, 2.24) is 19.7 Å². The molecule has 1 aromatic heterocycles. The number of ether oxygens (including phenoxy) is 2. The van der Waals surface area contributed by atoms with Crippen LogP contribution in [0.1, 0.15) is 10.6 Å². The van der Waals surface area contributed by atoms with Crippen molar-refractivity contribution < 1.29 is 14.3 Å². The summed E-state index contributed by atoms with van der Waals surface area (Å²) in [6.07, 6.45) is -0.477. The van der Waals surface area contributed by atoms with E-state index in [-0.39, 0.29) is 11.7 Å². The van der Waals surface area contributed by atoms with Crippen molar-refractivity contribution in [2.45, 2.75) is 12.8 Å². The van der Waals surface area contributed by atoms with E-state index >= 15 is 0 Å². The maximum atomic E-state index is 11.6. The van der Waals surface area contributed by atoms with Crippen LogP contribution in [0.3, 0.4) is 0 Å². The molecular formula is C9H16N4O3S. The molecule has 0 fully saturated rings. The second-order valence-corrected chi connectivity index (χ2v) is 3.69. The van der Waals surface area contributed by atoms with Gasteiger partial charge in [0.15, 0.2) is 11.1 Å². The van der Waals surface area contributed by atoms with E-state index in [9.17, 15) is 4.79 Å². The lowest BCUT2D eigenvalue weighted by molar-refractivity contribution is -0.111. The lowest BCUT2D eigenvalue weighted by Gasteiger charge is -2.14. The first-order valence-electron chi connectivity index (χ1n) is 4.96. The number of aromatic nitrogens is 3. The summed E-state index contributed by atoms with van der Waals surface area (Å²) in [6.45, 7) is 0.308. The van der Waals surface area contributed by atoms with Gasteiger partial charge in [-0.3, -0.25) is 9.36 Å². The van der Waals surface area contributed by atoms with Crippen LogP contribution >= 0.6 is 12.2 Å². The van der Waals surface area contributed by atoms with Crippen LogP contribution in [0.15, 0.2) is 0 Å². The Morgan fingerprint density at radius 2 is 2.12 bits per heavy atom. The van der Waals surface area contributed by atoms with Gasteiger partial charge in [0.05, 0.1) is 6.54 Å². The summed E-state index contributed by atoms with van der Waals surface area (Å²) in [7, 11) is 6.26. The number of nitrogens with zero attached hydrogens (tertiary/aromatic N) is 3. The zero-order chi connectivity index (χ0) is 13.0. The predicted molar refractivity (Wildman–Crippen MR) is 63.2 cm³/mol. The smallest absolute Gasteiger partial charge is 0.288 e. The lowest BCUT2D eigenvalue weighted by atomic mass is 10.5. The van der Waals surface area contributed by atoms with E-state index in [1.165, 1.54) is 25.9 Å². The van der Waals surface area contributed by atoms with E-state index in [1.807, 2.05) is 0 Å². The summed E-state index contributed by atoms with van der Waals surface area (Å²) in [5.74, 6) is -0.0678. The molecular weight excluding hydrogens is 244 g/mol. The first-order valence-corrected chi connectivity index (χ1v) is 5.37. The molecule has 1 amide bonds. The van der Waals surface area contributed by atoms with E-state index in [4.69, 9.17) is 21.7 Å². The number of rotatable bonds is 5. The van der Waals surface area contributed by atoms with Crippen molar-refractivity contribution >= 4 is 18.1 Å². The van der Waals surface area contributed by atoms with E-state index in [1.54, 1.807) is 11.6 Å². The largest absolute Gasteiger partial charge is 0.354 e. The molecule has 0 aliphatic carbocycles. The Morgan fingerprint density at radius 1 is 1.53 bits per heavy atom. The summed E-state index contributed by atoms with van der Waals surface area (Å²) in [4.78, 5) is 11.6. The first-order chi connectivity index (χ1) is 8.04. The molecule has 1 aromatic rings. The fourth-order valence-electron chi connectivity index (χ4n) is 1.34. The van der Waals surface area contributed by atoms with Gasteiger partial charge in [-0.2, -0.15) is 0 Å². The third kappa shape index (κ3) is 2.90. The number of carbonyl (C=O) groups excluding carboxylic acids is 1. The summed E-state index contributed by atoms with van der Waals surface area (Å²) < 4.78 is 13.6. The maximum Gasteiger partial charge on any atom is 0.288 e. The second kappa shape index (κ2) is 5.89. The lowest BCUT2D eigenvalue weighted by Crippen LogP contribution is -2.27. The molecule has 0 saturated heterocycles. The number of hydrogen-bond acceptors (Lipinski definition) is 5. The van der Waals surface area contributed by atoms with Crippen LogP contribution in [-0.4, -0.2) is 47.8 Å². The zero-order valence-corrected chi connectivity index (χ0v) is 11.1. The maximum absolute atomic E-state index is 11.6. The summed E-state index contributed by atoms with van der Waals surface area (Å²) in [5, 5.41) is 6.56. The summed E-state index contributed by atoms with van der Waals surface area (Å²) in [6, 6.07) is 0. The van der Waals surface area contributed by atoms with Gasteiger partial charge in [-0.25, -0.2) is 4.68 Å². The van der Waals surface area contributed by atoms with Crippen LogP contribution < -0.4 is 5.32 Å². The van der Waals surface area contributed by atoms with Crippen molar-refractivity contribution in [1.29, 1.82) is 0 Å². The van der Waals surface area contributed by atoms with E-state index in [0.29, 0.717) is 11.3 Å². The summed E-state index contributed by atoms with van der Waals surface area (Å²) in [5.41, 5.74) is 0. The van der Waals surface area contributed by atoms with Crippen LogP contribution in [0.2, 0.25) is 0 Å². The minimum absolute atomic E-state index is 0.235. The van der Waals surface area contributed by atoms with Gasteiger partial charge in [0.2, 0.25) is 5.82 Å².